The first-order valence-electron chi connectivity index (χ1n) is 5.38. The molecule has 1 aliphatic rings. The van der Waals surface area contributed by atoms with E-state index in [-0.39, 0.29) is 17.7 Å². The molecule has 0 radical (unpaired) electrons. The van der Waals surface area contributed by atoms with Gasteiger partial charge in [0.2, 0.25) is 0 Å². The van der Waals surface area contributed by atoms with Crippen LogP contribution in [0.1, 0.15) is 23.2 Å². The summed E-state index contributed by atoms with van der Waals surface area (Å²) in [6, 6.07) is 1.62. The van der Waals surface area contributed by atoms with Gasteiger partial charge < -0.3 is 20.9 Å². The molecule has 92 valence electrons. The Morgan fingerprint density at radius 3 is 2.94 bits per heavy atom. The van der Waals surface area contributed by atoms with Crippen LogP contribution in [0.5, 0.6) is 0 Å². The molecular weight excluding hydrogens is 222 g/mol. The Kier molecular flexibility index (Phi) is 3.14. The zero-order valence-corrected chi connectivity index (χ0v) is 9.51. The minimum absolute atomic E-state index is 0.103. The summed E-state index contributed by atoms with van der Waals surface area (Å²) in [6.07, 6.45) is 3.43. The first-order chi connectivity index (χ1) is 8.10. The van der Waals surface area contributed by atoms with E-state index in [2.05, 4.69) is 10.3 Å². The van der Waals surface area contributed by atoms with Gasteiger partial charge in [-0.05, 0) is 18.9 Å². The summed E-state index contributed by atoms with van der Waals surface area (Å²) < 4.78 is 5.15. The predicted molar refractivity (Wildman–Crippen MR) is 63.1 cm³/mol. The highest BCUT2D eigenvalue weighted by atomic mass is 16.5. The minimum atomic E-state index is -1.03. The van der Waals surface area contributed by atoms with Gasteiger partial charge >= 0.3 is 5.97 Å². The van der Waals surface area contributed by atoms with Crippen LogP contribution >= 0.6 is 0 Å². The molecule has 0 saturated heterocycles. The normalized spacial score (nSPS) is 22.9. The largest absolute Gasteiger partial charge is 0.478 e. The molecule has 4 N–H and O–H groups in total. The fraction of sp³-hybridized carbons (Fsp3) is 0.455. The topological polar surface area (TPSA) is 97.5 Å². The third-order valence-electron chi connectivity index (χ3n) is 2.91. The van der Waals surface area contributed by atoms with Crippen LogP contribution in [0.4, 0.5) is 11.5 Å². The number of carboxylic acids is 1. The van der Waals surface area contributed by atoms with Crippen LogP contribution < -0.4 is 11.1 Å². The van der Waals surface area contributed by atoms with Gasteiger partial charge in [-0.25, -0.2) is 9.78 Å². The molecule has 1 saturated carbocycles. The zero-order valence-electron chi connectivity index (χ0n) is 9.51. The van der Waals surface area contributed by atoms with E-state index in [4.69, 9.17) is 15.6 Å². The van der Waals surface area contributed by atoms with Crippen LogP contribution in [0.15, 0.2) is 12.3 Å². The van der Waals surface area contributed by atoms with Gasteiger partial charge in [-0.3, -0.25) is 0 Å². The molecule has 1 heterocycles. The summed E-state index contributed by atoms with van der Waals surface area (Å²) in [7, 11) is 1.67. The lowest BCUT2D eigenvalue weighted by Crippen LogP contribution is -2.40. The summed E-state index contributed by atoms with van der Waals surface area (Å²) >= 11 is 0. The Hall–Kier alpha value is -1.82. The summed E-state index contributed by atoms with van der Waals surface area (Å²) in [6.45, 7) is 0. The van der Waals surface area contributed by atoms with Gasteiger partial charge in [0.05, 0.1) is 18.0 Å². The molecule has 2 rings (SSSR count). The lowest BCUT2D eigenvalue weighted by atomic mass is 9.89. The quantitative estimate of drug-likeness (QED) is 0.721. The average Bonchev–Trinajstić information content (AvgIpc) is 2.24. The maximum absolute atomic E-state index is 11.0. The SMILES string of the molecule is COC1CC(Nc2ncc(N)cc2C(=O)O)C1. The van der Waals surface area contributed by atoms with Gasteiger partial charge in [-0.15, -0.1) is 0 Å². The number of rotatable bonds is 4. The standard InChI is InChI=1S/C11H15N3O3/c1-17-8-3-7(4-8)14-10-9(11(15)16)2-6(12)5-13-10/h2,5,7-8H,3-4,12H2,1H3,(H,13,14)(H,15,16). The van der Waals surface area contributed by atoms with Crippen molar-refractivity contribution < 1.29 is 14.6 Å². The summed E-state index contributed by atoms with van der Waals surface area (Å²) in [5, 5.41) is 12.1. The van der Waals surface area contributed by atoms with E-state index in [1.54, 1.807) is 7.11 Å². The average molecular weight is 237 g/mol. The van der Waals surface area contributed by atoms with E-state index in [1.807, 2.05) is 0 Å². The van der Waals surface area contributed by atoms with E-state index < -0.39 is 5.97 Å². The smallest absolute Gasteiger partial charge is 0.339 e. The fourth-order valence-corrected chi connectivity index (χ4v) is 1.83. The second kappa shape index (κ2) is 4.58. The zero-order chi connectivity index (χ0) is 12.4. The van der Waals surface area contributed by atoms with Crippen molar-refractivity contribution in [2.45, 2.75) is 25.0 Å². The van der Waals surface area contributed by atoms with Crippen molar-refractivity contribution in [1.82, 2.24) is 4.98 Å². The number of nitrogens with one attached hydrogen (secondary N) is 1. The molecule has 0 spiro atoms. The van der Waals surface area contributed by atoms with Crippen LogP contribution in [0, 0.1) is 0 Å². The van der Waals surface area contributed by atoms with Crippen molar-refractivity contribution in [2.24, 2.45) is 0 Å². The molecule has 6 heteroatoms. The molecule has 0 atom stereocenters. The number of nitrogen functional groups attached to an aromatic ring is 1. The Morgan fingerprint density at radius 2 is 2.35 bits per heavy atom. The second-order valence-corrected chi connectivity index (χ2v) is 4.14. The summed E-state index contributed by atoms with van der Waals surface area (Å²) in [5.41, 5.74) is 5.96. The van der Waals surface area contributed by atoms with Gasteiger partial charge in [0, 0.05) is 13.2 Å². The Labute approximate surface area is 98.8 Å². The number of methoxy groups -OCH3 is 1. The van der Waals surface area contributed by atoms with E-state index in [0.29, 0.717) is 11.5 Å². The van der Waals surface area contributed by atoms with Crippen LogP contribution in [-0.2, 0) is 4.74 Å². The first kappa shape index (κ1) is 11.7. The third kappa shape index (κ3) is 2.47. The molecule has 6 nitrogen and oxygen atoms in total. The van der Waals surface area contributed by atoms with Crippen molar-refractivity contribution in [3.8, 4) is 0 Å². The number of anilines is 2. The minimum Gasteiger partial charge on any atom is -0.478 e. The van der Waals surface area contributed by atoms with E-state index >= 15 is 0 Å². The van der Waals surface area contributed by atoms with Crippen LogP contribution in [0.3, 0.4) is 0 Å². The molecule has 0 amide bonds. The summed E-state index contributed by atoms with van der Waals surface area (Å²) in [4.78, 5) is 15.0. The van der Waals surface area contributed by atoms with E-state index in [0.717, 1.165) is 12.8 Å². The maximum Gasteiger partial charge on any atom is 0.339 e. The number of pyridine rings is 1. The number of aromatic carboxylic acids is 1. The second-order valence-electron chi connectivity index (χ2n) is 4.14. The first-order valence-corrected chi connectivity index (χ1v) is 5.38. The van der Waals surface area contributed by atoms with Gasteiger partial charge in [0.25, 0.3) is 0 Å². The number of aromatic nitrogens is 1. The number of nitrogens with two attached hydrogens (primary N) is 1. The third-order valence-corrected chi connectivity index (χ3v) is 2.91. The number of ether oxygens (including phenoxy) is 1. The van der Waals surface area contributed by atoms with Crippen LogP contribution in [0.25, 0.3) is 0 Å². The number of hydrogen-bond acceptors (Lipinski definition) is 5. The number of carboxylic acid groups (broad SMARTS) is 1. The molecule has 0 aliphatic heterocycles. The maximum atomic E-state index is 11.0. The van der Waals surface area contributed by atoms with Gasteiger partial charge in [-0.1, -0.05) is 0 Å². The van der Waals surface area contributed by atoms with E-state index in [9.17, 15) is 4.79 Å². The Bertz CT molecular complexity index is 430. The van der Waals surface area contributed by atoms with Crippen molar-refractivity contribution in [3.05, 3.63) is 17.8 Å². The molecule has 1 aromatic rings. The molecule has 1 aromatic heterocycles. The number of nitrogens with zero attached hydrogens (tertiary/aromatic N) is 1. The lowest BCUT2D eigenvalue weighted by molar-refractivity contribution is 0.0327. The molecular formula is C11H15N3O3. The molecule has 17 heavy (non-hydrogen) atoms. The highest BCUT2D eigenvalue weighted by Gasteiger charge is 2.30. The highest BCUT2D eigenvalue weighted by molar-refractivity contribution is 5.94. The van der Waals surface area contributed by atoms with Crippen LogP contribution in [0.2, 0.25) is 0 Å². The molecule has 0 aromatic carbocycles. The van der Waals surface area contributed by atoms with Crippen molar-refractivity contribution in [1.29, 1.82) is 0 Å². The monoisotopic (exact) mass is 237 g/mol. The lowest BCUT2D eigenvalue weighted by Gasteiger charge is -2.35. The Morgan fingerprint density at radius 1 is 1.65 bits per heavy atom. The van der Waals surface area contributed by atoms with Crippen molar-refractivity contribution in [3.63, 3.8) is 0 Å². The van der Waals surface area contributed by atoms with Gasteiger partial charge in [0.1, 0.15) is 11.4 Å². The number of hydrogen-bond donors (Lipinski definition) is 3. The van der Waals surface area contributed by atoms with Crippen molar-refractivity contribution in [2.75, 3.05) is 18.2 Å². The number of carbonyl (C=O) groups is 1. The highest BCUT2D eigenvalue weighted by Crippen LogP contribution is 2.27. The Balaban J connectivity index is 2.08. The molecule has 1 aliphatic carbocycles. The van der Waals surface area contributed by atoms with E-state index in [1.165, 1.54) is 12.3 Å². The molecule has 0 bridgehead atoms. The van der Waals surface area contributed by atoms with Gasteiger partial charge in [0.15, 0.2) is 0 Å². The molecule has 0 unspecified atom stereocenters. The predicted octanol–water partition coefficient (Wildman–Crippen LogP) is 0.951. The summed E-state index contributed by atoms with van der Waals surface area (Å²) in [5.74, 6) is -0.666. The fourth-order valence-electron chi connectivity index (χ4n) is 1.83. The van der Waals surface area contributed by atoms with Crippen LogP contribution in [-0.4, -0.2) is 35.3 Å². The van der Waals surface area contributed by atoms with Gasteiger partial charge in [-0.2, -0.15) is 0 Å². The van der Waals surface area contributed by atoms with Crippen molar-refractivity contribution >= 4 is 17.5 Å². The molecule has 1 fully saturated rings.